The molecule has 0 bridgehead atoms. The molecule has 1 unspecified atom stereocenters. The van der Waals surface area contributed by atoms with Gasteiger partial charge in [0.15, 0.2) is 0 Å². The first kappa shape index (κ1) is 24.5. The lowest BCUT2D eigenvalue weighted by atomic mass is 10.0. The van der Waals surface area contributed by atoms with Crippen LogP contribution in [0.5, 0.6) is 5.75 Å². The van der Waals surface area contributed by atoms with Crippen molar-refractivity contribution in [2.45, 2.75) is 44.6 Å². The fourth-order valence-corrected chi connectivity index (χ4v) is 4.08. The molecule has 1 saturated heterocycles. The van der Waals surface area contributed by atoms with Crippen LogP contribution in [0.15, 0.2) is 59.7 Å². The van der Waals surface area contributed by atoms with Crippen LogP contribution >= 0.6 is 0 Å². The number of carbonyl (C=O) groups is 2. The molecule has 1 aliphatic heterocycles. The van der Waals surface area contributed by atoms with Gasteiger partial charge in [0, 0.05) is 17.7 Å². The number of amides is 2. The molecule has 1 heterocycles. The van der Waals surface area contributed by atoms with Gasteiger partial charge in [-0.3, -0.25) is 14.5 Å². The van der Waals surface area contributed by atoms with Crippen LogP contribution in [0.2, 0.25) is 0 Å². The molecule has 7 heteroatoms. The van der Waals surface area contributed by atoms with Gasteiger partial charge in [0.1, 0.15) is 5.75 Å². The molecule has 1 fully saturated rings. The molecule has 2 N–H and O–H groups in total. The maximum Gasteiger partial charge on any atom is 0.257 e. The molecule has 0 aromatic heterocycles. The highest BCUT2D eigenvalue weighted by Crippen LogP contribution is 2.17. The van der Waals surface area contributed by atoms with Crippen molar-refractivity contribution in [2.75, 3.05) is 26.7 Å². The summed E-state index contributed by atoms with van der Waals surface area (Å²) in [7, 11) is 1.61. The number of methoxy groups -OCH3 is 1. The van der Waals surface area contributed by atoms with E-state index in [0.717, 1.165) is 50.8 Å². The summed E-state index contributed by atoms with van der Waals surface area (Å²) in [6.07, 6.45) is 7.45. The number of hydrogen-bond donors (Lipinski definition) is 2. The summed E-state index contributed by atoms with van der Waals surface area (Å²) in [6, 6.07) is 16.5. The van der Waals surface area contributed by atoms with Crippen LogP contribution < -0.4 is 15.5 Å². The van der Waals surface area contributed by atoms with Gasteiger partial charge in [-0.25, -0.2) is 5.43 Å². The van der Waals surface area contributed by atoms with Crippen molar-refractivity contribution in [1.82, 2.24) is 15.6 Å². The molecule has 2 amide bonds. The van der Waals surface area contributed by atoms with Crippen LogP contribution in [0.4, 0.5) is 0 Å². The highest BCUT2D eigenvalue weighted by atomic mass is 16.5. The smallest absolute Gasteiger partial charge is 0.257 e. The topological polar surface area (TPSA) is 83.0 Å². The van der Waals surface area contributed by atoms with Gasteiger partial charge in [0.25, 0.3) is 11.8 Å². The molecule has 3 rings (SSSR count). The van der Waals surface area contributed by atoms with E-state index in [0.29, 0.717) is 17.9 Å². The summed E-state index contributed by atoms with van der Waals surface area (Å²) in [5.41, 5.74) is 4.20. The molecule has 2 aromatic rings. The van der Waals surface area contributed by atoms with Crippen molar-refractivity contribution in [2.24, 2.45) is 5.10 Å². The van der Waals surface area contributed by atoms with Crippen LogP contribution in [-0.2, 0) is 4.79 Å². The Morgan fingerprint density at radius 3 is 2.52 bits per heavy atom. The first-order chi connectivity index (χ1) is 16.2. The fraction of sp³-hybridized carbons (Fsp3) is 0.423. The second kappa shape index (κ2) is 13.4. The Labute approximate surface area is 196 Å². The average Bonchev–Trinajstić information content (AvgIpc) is 2.87. The predicted molar refractivity (Wildman–Crippen MR) is 131 cm³/mol. The molecular formula is C26H34N4O3. The number of para-hydroxylation sites is 1. The zero-order valence-electron chi connectivity index (χ0n) is 19.3. The minimum Gasteiger partial charge on any atom is -0.496 e. The maximum atomic E-state index is 13.0. The molecule has 0 radical (unpaired) electrons. The van der Waals surface area contributed by atoms with Gasteiger partial charge in [-0.2, -0.15) is 5.10 Å². The Hall–Kier alpha value is -3.19. The summed E-state index contributed by atoms with van der Waals surface area (Å²) in [6.45, 7) is 2.45. The van der Waals surface area contributed by atoms with Crippen LogP contribution in [0.3, 0.4) is 0 Å². The van der Waals surface area contributed by atoms with E-state index in [-0.39, 0.29) is 17.9 Å². The number of benzene rings is 2. The second-order valence-corrected chi connectivity index (χ2v) is 8.21. The van der Waals surface area contributed by atoms with Crippen molar-refractivity contribution >= 4 is 18.0 Å². The van der Waals surface area contributed by atoms with E-state index >= 15 is 0 Å². The maximum absolute atomic E-state index is 13.0. The van der Waals surface area contributed by atoms with Crippen LogP contribution in [-0.4, -0.2) is 55.7 Å². The second-order valence-electron chi connectivity index (χ2n) is 8.21. The minimum absolute atomic E-state index is 0.0633. The van der Waals surface area contributed by atoms with Crippen molar-refractivity contribution in [1.29, 1.82) is 0 Å². The molecule has 1 aliphatic rings. The number of likely N-dealkylation sites (tertiary alicyclic amines) is 1. The zero-order chi connectivity index (χ0) is 23.3. The number of unbranched alkanes of at least 4 members (excludes halogenated alkanes) is 1. The third-order valence-electron chi connectivity index (χ3n) is 5.88. The van der Waals surface area contributed by atoms with E-state index in [9.17, 15) is 9.59 Å². The number of carbonyl (C=O) groups excluding carboxylic acids is 2. The predicted octanol–water partition coefficient (Wildman–Crippen LogP) is 3.60. The Kier molecular flexibility index (Phi) is 9.91. The fourth-order valence-electron chi connectivity index (χ4n) is 4.08. The van der Waals surface area contributed by atoms with Crippen molar-refractivity contribution < 1.29 is 14.3 Å². The van der Waals surface area contributed by atoms with E-state index in [1.165, 1.54) is 6.42 Å². The number of nitrogens with zero attached hydrogens (tertiary/aromatic N) is 2. The lowest BCUT2D eigenvalue weighted by Gasteiger charge is -2.33. The van der Waals surface area contributed by atoms with Gasteiger partial charge in [-0.1, -0.05) is 36.8 Å². The van der Waals surface area contributed by atoms with Crippen molar-refractivity contribution in [3.8, 4) is 5.75 Å². The zero-order valence-corrected chi connectivity index (χ0v) is 19.3. The number of nitrogens with one attached hydrogen (secondary N) is 2. The molecule has 176 valence electrons. The van der Waals surface area contributed by atoms with E-state index < -0.39 is 0 Å². The van der Waals surface area contributed by atoms with E-state index in [4.69, 9.17) is 4.74 Å². The number of piperidine rings is 1. The molecule has 1 atom stereocenters. The number of hydrogen-bond acceptors (Lipinski definition) is 5. The van der Waals surface area contributed by atoms with E-state index in [1.54, 1.807) is 25.5 Å². The lowest BCUT2D eigenvalue weighted by molar-refractivity contribution is -0.127. The number of rotatable bonds is 11. The first-order valence-corrected chi connectivity index (χ1v) is 11.7. The Bertz CT molecular complexity index is 911. The van der Waals surface area contributed by atoms with Crippen LogP contribution in [0.25, 0.3) is 0 Å². The van der Waals surface area contributed by atoms with E-state index in [1.807, 2.05) is 42.5 Å². The lowest BCUT2D eigenvalue weighted by Crippen LogP contribution is -2.47. The first-order valence-electron chi connectivity index (χ1n) is 11.7. The highest BCUT2D eigenvalue weighted by Gasteiger charge is 2.26. The van der Waals surface area contributed by atoms with Gasteiger partial charge >= 0.3 is 0 Å². The monoisotopic (exact) mass is 450 g/mol. The molecular weight excluding hydrogens is 416 g/mol. The average molecular weight is 451 g/mol. The molecule has 0 saturated carbocycles. The summed E-state index contributed by atoms with van der Waals surface area (Å²) < 4.78 is 5.32. The van der Waals surface area contributed by atoms with Gasteiger partial charge < -0.3 is 10.1 Å². The highest BCUT2D eigenvalue weighted by molar-refractivity contribution is 5.94. The normalized spacial score (nSPS) is 15.2. The number of ether oxygens (including phenoxy) is 1. The molecule has 2 aromatic carbocycles. The van der Waals surface area contributed by atoms with Crippen molar-refractivity contribution in [3.05, 3.63) is 65.7 Å². The van der Waals surface area contributed by atoms with Gasteiger partial charge in [-0.15, -0.1) is 0 Å². The molecule has 7 nitrogen and oxygen atoms in total. The third-order valence-corrected chi connectivity index (χ3v) is 5.88. The minimum atomic E-state index is -0.218. The largest absolute Gasteiger partial charge is 0.496 e. The SMILES string of the molecule is COc1ccccc1C=NNC(=O)C(CCCCNC(=O)c1ccccc1)N1CCCCC1. The van der Waals surface area contributed by atoms with Gasteiger partial charge in [-0.05, 0) is 69.5 Å². The van der Waals surface area contributed by atoms with Gasteiger partial charge in [0.2, 0.25) is 0 Å². The van der Waals surface area contributed by atoms with Gasteiger partial charge in [0.05, 0.1) is 19.4 Å². The summed E-state index contributed by atoms with van der Waals surface area (Å²) in [5, 5.41) is 7.14. The Morgan fingerprint density at radius 1 is 1.03 bits per heavy atom. The summed E-state index contributed by atoms with van der Waals surface area (Å²) in [4.78, 5) is 27.4. The summed E-state index contributed by atoms with van der Waals surface area (Å²) >= 11 is 0. The third kappa shape index (κ3) is 7.71. The molecule has 0 spiro atoms. The standard InChI is InChI=1S/C26H34N4O3/c1-33-24-16-7-6-14-22(24)20-28-29-26(32)23(30-18-10-3-11-19-30)15-8-9-17-27-25(31)21-12-4-2-5-13-21/h2,4-7,12-14,16,20,23H,3,8-11,15,17-19H2,1H3,(H,27,31)(H,29,32). The molecule has 0 aliphatic carbocycles. The molecule has 33 heavy (non-hydrogen) atoms. The van der Waals surface area contributed by atoms with Crippen molar-refractivity contribution in [3.63, 3.8) is 0 Å². The summed E-state index contributed by atoms with van der Waals surface area (Å²) in [5.74, 6) is 0.559. The van der Waals surface area contributed by atoms with E-state index in [2.05, 4.69) is 20.7 Å². The quantitative estimate of drug-likeness (QED) is 0.311. The Balaban J connectivity index is 1.49. The van der Waals surface area contributed by atoms with Crippen LogP contribution in [0, 0.1) is 0 Å². The Morgan fingerprint density at radius 2 is 1.76 bits per heavy atom. The number of hydrazone groups is 1. The van der Waals surface area contributed by atoms with Crippen LogP contribution in [0.1, 0.15) is 54.4 Å².